The summed E-state index contributed by atoms with van der Waals surface area (Å²) in [6, 6.07) is 1.83. The molecule has 1 N–H and O–H groups in total. The monoisotopic (exact) mass is 325 g/mol. The molecule has 0 aliphatic rings. The number of nitrogens with zero attached hydrogens (tertiary/aromatic N) is 1. The maximum Gasteiger partial charge on any atom is 0.349 e. The molecule has 2 aromatic heterocycles. The number of aromatic nitrogens is 1. The molecule has 4 nitrogen and oxygen atoms in total. The van der Waals surface area contributed by atoms with Gasteiger partial charge in [-0.25, -0.2) is 9.78 Å². The molecule has 0 aromatic carbocycles. The summed E-state index contributed by atoms with van der Waals surface area (Å²) in [4.78, 5) is 18.2. The minimum absolute atomic E-state index is 0.0924. The lowest BCUT2D eigenvalue weighted by Gasteiger charge is -2.14. The highest BCUT2D eigenvalue weighted by Gasteiger charge is 2.24. The molecule has 114 valence electrons. The lowest BCUT2D eigenvalue weighted by Crippen LogP contribution is -2.08. The third kappa shape index (κ3) is 3.63. The quantitative estimate of drug-likeness (QED) is 0.905. The number of hydrogen-bond donors (Lipinski definition) is 1. The molecule has 6 heteroatoms. The van der Waals surface area contributed by atoms with Crippen LogP contribution in [0.2, 0.25) is 0 Å². The maximum atomic E-state index is 11.3. The van der Waals surface area contributed by atoms with Gasteiger partial charge in [0.05, 0.1) is 5.69 Å². The first-order chi connectivity index (χ1) is 9.68. The summed E-state index contributed by atoms with van der Waals surface area (Å²) in [5.41, 5.74) is 0.905. The van der Waals surface area contributed by atoms with Gasteiger partial charge in [-0.3, -0.25) is 0 Å². The topological polar surface area (TPSA) is 59.4 Å². The lowest BCUT2D eigenvalue weighted by molar-refractivity contribution is 0.0697. The van der Waals surface area contributed by atoms with E-state index in [1.165, 1.54) is 11.3 Å². The zero-order valence-electron chi connectivity index (χ0n) is 12.8. The number of carboxylic acid groups (broad SMARTS) is 1. The number of carbonyl (C=O) groups is 1. The fourth-order valence-electron chi connectivity index (χ4n) is 1.74. The van der Waals surface area contributed by atoms with Gasteiger partial charge in [0, 0.05) is 9.75 Å². The van der Waals surface area contributed by atoms with E-state index in [1.807, 2.05) is 19.9 Å². The van der Waals surface area contributed by atoms with Crippen LogP contribution in [0, 0.1) is 13.8 Å². The Labute approximate surface area is 132 Å². The Kier molecular flexibility index (Phi) is 4.39. The molecular formula is C15H19NO3S2. The normalized spacial score (nSPS) is 11.7. The van der Waals surface area contributed by atoms with E-state index in [0.717, 1.165) is 20.5 Å². The Hall–Kier alpha value is -1.40. The predicted octanol–water partition coefficient (Wildman–Crippen LogP) is 4.40. The van der Waals surface area contributed by atoms with Crippen molar-refractivity contribution in [2.45, 2.75) is 46.6 Å². The highest BCUT2D eigenvalue weighted by molar-refractivity contribution is 7.14. The maximum absolute atomic E-state index is 11.3. The van der Waals surface area contributed by atoms with E-state index >= 15 is 0 Å². The third-order valence-electron chi connectivity index (χ3n) is 3.06. The molecule has 0 saturated heterocycles. The Morgan fingerprint density at radius 2 is 2.00 bits per heavy atom. The van der Waals surface area contributed by atoms with E-state index in [0.29, 0.717) is 12.4 Å². The molecule has 0 atom stereocenters. The largest absolute Gasteiger partial charge is 0.485 e. The first-order valence-electron chi connectivity index (χ1n) is 6.62. The number of aryl methyl sites for hydroxylation is 2. The predicted molar refractivity (Wildman–Crippen MR) is 85.9 cm³/mol. The van der Waals surface area contributed by atoms with Crippen molar-refractivity contribution < 1.29 is 14.6 Å². The molecule has 0 aliphatic heterocycles. The molecule has 21 heavy (non-hydrogen) atoms. The number of thiophene rings is 1. The number of rotatable bonds is 4. The Morgan fingerprint density at radius 3 is 2.48 bits per heavy atom. The molecule has 0 saturated carbocycles. The highest BCUT2D eigenvalue weighted by atomic mass is 32.1. The summed E-state index contributed by atoms with van der Waals surface area (Å²) < 4.78 is 5.71. The fourth-order valence-corrected chi connectivity index (χ4v) is 3.59. The second-order valence-corrected chi connectivity index (χ2v) is 8.24. The van der Waals surface area contributed by atoms with Crippen LogP contribution in [0.1, 0.15) is 50.9 Å². The SMILES string of the molecule is Cc1nc(COc2cc(C(C)(C)C)sc2C(=O)O)sc1C. The van der Waals surface area contributed by atoms with Crippen LogP contribution in [0.15, 0.2) is 6.07 Å². The molecule has 2 rings (SSSR count). The molecule has 2 aromatic rings. The van der Waals surface area contributed by atoms with Crippen LogP contribution in [-0.2, 0) is 12.0 Å². The fraction of sp³-hybridized carbons (Fsp3) is 0.467. The van der Waals surface area contributed by atoms with Crippen molar-refractivity contribution in [2.75, 3.05) is 0 Å². The molecule has 0 fully saturated rings. The Bertz CT molecular complexity index is 646. The molecule has 0 unspecified atom stereocenters. The van der Waals surface area contributed by atoms with Crippen LogP contribution >= 0.6 is 22.7 Å². The summed E-state index contributed by atoms with van der Waals surface area (Å²) in [5.74, 6) is -0.514. The second kappa shape index (κ2) is 5.77. The van der Waals surface area contributed by atoms with Gasteiger partial charge in [-0.05, 0) is 25.3 Å². The summed E-state index contributed by atoms with van der Waals surface area (Å²) in [7, 11) is 0. The van der Waals surface area contributed by atoms with E-state index in [9.17, 15) is 9.90 Å². The van der Waals surface area contributed by atoms with Gasteiger partial charge >= 0.3 is 5.97 Å². The summed E-state index contributed by atoms with van der Waals surface area (Å²) >= 11 is 2.86. The highest BCUT2D eigenvalue weighted by Crippen LogP contribution is 2.37. The van der Waals surface area contributed by atoms with Crippen molar-refractivity contribution in [2.24, 2.45) is 0 Å². The van der Waals surface area contributed by atoms with Crippen molar-refractivity contribution in [3.8, 4) is 5.75 Å². The first-order valence-corrected chi connectivity index (χ1v) is 8.25. The minimum atomic E-state index is -0.947. The van der Waals surface area contributed by atoms with E-state index in [4.69, 9.17) is 4.74 Å². The van der Waals surface area contributed by atoms with Gasteiger partial charge in [-0.15, -0.1) is 22.7 Å². The Balaban J connectivity index is 2.22. The number of hydrogen-bond acceptors (Lipinski definition) is 5. The number of ether oxygens (including phenoxy) is 1. The standard InChI is InChI=1S/C15H19NO3S2/c1-8-9(2)20-12(16-8)7-19-10-6-11(15(3,4)5)21-13(10)14(17)18/h6H,7H2,1-5H3,(H,17,18). The number of aromatic carboxylic acids is 1. The molecule has 0 aliphatic carbocycles. The third-order valence-corrected chi connectivity index (χ3v) is 5.63. The van der Waals surface area contributed by atoms with Gasteiger partial charge in [0.15, 0.2) is 4.88 Å². The zero-order chi connectivity index (χ0) is 15.8. The minimum Gasteiger partial charge on any atom is -0.485 e. The van der Waals surface area contributed by atoms with Crippen LogP contribution in [0.25, 0.3) is 0 Å². The summed E-state index contributed by atoms with van der Waals surface area (Å²) in [5, 5.41) is 10.2. The zero-order valence-corrected chi connectivity index (χ0v) is 14.4. The van der Waals surface area contributed by atoms with Crippen molar-refractivity contribution in [1.29, 1.82) is 0 Å². The van der Waals surface area contributed by atoms with Crippen molar-refractivity contribution in [3.05, 3.63) is 31.4 Å². The summed E-state index contributed by atoms with van der Waals surface area (Å²) in [6.07, 6.45) is 0. The van der Waals surface area contributed by atoms with Crippen molar-refractivity contribution >= 4 is 28.6 Å². The van der Waals surface area contributed by atoms with Crippen LogP contribution in [-0.4, -0.2) is 16.1 Å². The van der Waals surface area contributed by atoms with E-state index in [-0.39, 0.29) is 10.3 Å². The lowest BCUT2D eigenvalue weighted by atomic mass is 9.95. The molecule has 0 radical (unpaired) electrons. The van der Waals surface area contributed by atoms with Crippen LogP contribution in [0.5, 0.6) is 5.75 Å². The van der Waals surface area contributed by atoms with Crippen LogP contribution in [0.4, 0.5) is 0 Å². The second-order valence-electron chi connectivity index (χ2n) is 5.90. The first kappa shape index (κ1) is 16.0. The van der Waals surface area contributed by atoms with Crippen molar-refractivity contribution in [3.63, 3.8) is 0 Å². The molecular weight excluding hydrogens is 306 g/mol. The van der Waals surface area contributed by atoms with E-state index in [2.05, 4.69) is 25.8 Å². The van der Waals surface area contributed by atoms with Gasteiger partial charge in [-0.1, -0.05) is 20.8 Å². The van der Waals surface area contributed by atoms with Gasteiger partial charge < -0.3 is 9.84 Å². The number of thiazole rings is 1. The number of carboxylic acids is 1. The van der Waals surface area contributed by atoms with Crippen LogP contribution in [0.3, 0.4) is 0 Å². The molecule has 2 heterocycles. The van der Waals surface area contributed by atoms with Gasteiger partial charge in [0.25, 0.3) is 0 Å². The van der Waals surface area contributed by atoms with Crippen molar-refractivity contribution in [1.82, 2.24) is 4.98 Å². The Morgan fingerprint density at radius 1 is 1.33 bits per heavy atom. The van der Waals surface area contributed by atoms with Crippen LogP contribution < -0.4 is 4.74 Å². The van der Waals surface area contributed by atoms with Gasteiger partial charge in [0.1, 0.15) is 17.4 Å². The average molecular weight is 325 g/mol. The smallest absolute Gasteiger partial charge is 0.349 e. The average Bonchev–Trinajstić information content (AvgIpc) is 2.91. The molecule has 0 spiro atoms. The van der Waals surface area contributed by atoms with E-state index in [1.54, 1.807) is 11.3 Å². The van der Waals surface area contributed by atoms with Gasteiger partial charge in [-0.2, -0.15) is 0 Å². The van der Waals surface area contributed by atoms with Gasteiger partial charge in [0.2, 0.25) is 0 Å². The van der Waals surface area contributed by atoms with E-state index < -0.39 is 5.97 Å². The summed E-state index contributed by atoms with van der Waals surface area (Å²) in [6.45, 7) is 10.5. The molecule has 0 amide bonds. The molecule has 0 bridgehead atoms.